The van der Waals surface area contributed by atoms with Gasteiger partial charge in [0.05, 0.1) is 6.61 Å². The molecule has 3 N–H and O–H groups in total. The number of aryl methyl sites for hydroxylation is 1. The molecule has 0 saturated carbocycles. The average molecular weight is 430 g/mol. The van der Waals surface area contributed by atoms with Crippen LogP contribution in [0.5, 0.6) is 23.0 Å². The second kappa shape index (κ2) is 8.30. The topological polar surface area (TPSA) is 105 Å². The van der Waals surface area contributed by atoms with Gasteiger partial charge in [0.25, 0.3) is 7.37 Å². The summed E-state index contributed by atoms with van der Waals surface area (Å²) in [5.41, 5.74) is 2.02. The van der Waals surface area contributed by atoms with Crippen molar-refractivity contribution in [2.24, 2.45) is 0 Å². The van der Waals surface area contributed by atoms with Crippen molar-refractivity contribution < 1.29 is 33.9 Å². The highest BCUT2D eigenvalue weighted by atomic mass is 31.2. The van der Waals surface area contributed by atoms with Gasteiger partial charge in [0.1, 0.15) is 11.5 Å². The summed E-state index contributed by atoms with van der Waals surface area (Å²) in [4.78, 5) is 0. The fraction of sp³-hybridized carbons (Fsp3) is 0.182. The fourth-order valence-corrected chi connectivity index (χ4v) is 4.15. The maximum Gasteiger partial charge on any atom is 0.260 e. The number of aliphatic hydroxyl groups is 1. The number of aliphatic hydroxyl groups excluding tert-OH is 1. The van der Waals surface area contributed by atoms with Crippen LogP contribution in [-0.2, 0) is 9.09 Å². The van der Waals surface area contributed by atoms with Gasteiger partial charge < -0.3 is 29.3 Å². The number of allylic oxidation sites excluding steroid dienone is 1. The molecule has 0 spiro atoms. The summed E-state index contributed by atoms with van der Waals surface area (Å²) >= 11 is 0. The molecule has 2 aromatic rings. The summed E-state index contributed by atoms with van der Waals surface area (Å²) in [6.45, 7) is 11.1. The average Bonchev–Trinajstić information content (AvgIpc) is 2.70. The molecule has 0 aromatic heterocycles. The second-order valence-electron chi connectivity index (χ2n) is 6.68. The number of hydrogen-bond donors (Lipinski definition) is 3. The first kappa shape index (κ1) is 21.6. The van der Waals surface area contributed by atoms with Gasteiger partial charge >= 0.3 is 0 Å². The maximum atomic E-state index is 12.5. The first-order chi connectivity index (χ1) is 14.2. The minimum Gasteiger partial charge on any atom is -0.508 e. The molecule has 0 fully saturated rings. The standard InChI is InChI=1S/C22H23O7P/c1-5-28-30(26,6-2)12-27-18-10-15(7-8-17(18)24)22-21(25)14(4)20-13(3)9-16(23)11-19(20)29-22/h6-11,23-25H,2,4-5,12H2,1,3H3. The van der Waals surface area contributed by atoms with Crippen LogP contribution < -0.4 is 9.47 Å². The third-order valence-electron chi connectivity index (χ3n) is 4.55. The van der Waals surface area contributed by atoms with Gasteiger partial charge in [-0.2, -0.15) is 0 Å². The lowest BCUT2D eigenvalue weighted by Gasteiger charge is -2.24. The molecule has 0 bridgehead atoms. The van der Waals surface area contributed by atoms with Crippen molar-refractivity contribution in [2.45, 2.75) is 13.8 Å². The molecular weight excluding hydrogens is 407 g/mol. The van der Waals surface area contributed by atoms with Crippen molar-refractivity contribution in [3.05, 3.63) is 71.8 Å². The molecule has 0 amide bonds. The van der Waals surface area contributed by atoms with Gasteiger partial charge in [-0.25, -0.2) is 0 Å². The Hall–Kier alpha value is -3.15. The number of phenolic OH excluding ortho intramolecular Hbond substituents is 2. The number of fused-ring (bicyclic) bond motifs is 1. The highest BCUT2D eigenvalue weighted by molar-refractivity contribution is 7.62. The van der Waals surface area contributed by atoms with E-state index in [0.29, 0.717) is 28.0 Å². The van der Waals surface area contributed by atoms with E-state index in [4.69, 9.17) is 14.0 Å². The van der Waals surface area contributed by atoms with E-state index < -0.39 is 7.37 Å². The van der Waals surface area contributed by atoms with Crippen LogP contribution in [0.1, 0.15) is 23.6 Å². The molecule has 3 rings (SSSR count). The van der Waals surface area contributed by atoms with Crippen LogP contribution in [0.15, 0.2) is 55.1 Å². The highest BCUT2D eigenvalue weighted by Gasteiger charge is 2.27. The van der Waals surface area contributed by atoms with E-state index in [1.807, 2.05) is 0 Å². The Morgan fingerprint density at radius 1 is 1.20 bits per heavy atom. The zero-order valence-electron chi connectivity index (χ0n) is 16.7. The van der Waals surface area contributed by atoms with E-state index in [-0.39, 0.29) is 41.7 Å². The van der Waals surface area contributed by atoms with Crippen LogP contribution in [0.25, 0.3) is 11.3 Å². The Kier molecular flexibility index (Phi) is 5.97. The van der Waals surface area contributed by atoms with Gasteiger partial charge in [0.15, 0.2) is 29.4 Å². The van der Waals surface area contributed by atoms with Crippen LogP contribution in [0.3, 0.4) is 0 Å². The molecule has 0 saturated heterocycles. The Morgan fingerprint density at radius 2 is 1.93 bits per heavy atom. The van der Waals surface area contributed by atoms with E-state index in [1.165, 1.54) is 30.1 Å². The number of ether oxygens (including phenoxy) is 2. The van der Waals surface area contributed by atoms with Crippen LogP contribution in [-0.4, -0.2) is 28.3 Å². The van der Waals surface area contributed by atoms with E-state index in [0.717, 1.165) is 0 Å². The van der Waals surface area contributed by atoms with Gasteiger partial charge in [0.2, 0.25) is 0 Å². The number of phenols is 2. The van der Waals surface area contributed by atoms with Crippen molar-refractivity contribution in [3.63, 3.8) is 0 Å². The van der Waals surface area contributed by atoms with E-state index in [1.54, 1.807) is 19.9 Å². The molecule has 1 atom stereocenters. The summed E-state index contributed by atoms with van der Waals surface area (Å²) in [5, 5.41) is 30.7. The summed E-state index contributed by atoms with van der Waals surface area (Å²) in [5.74, 6) is 1.30. The molecule has 1 heterocycles. The smallest absolute Gasteiger partial charge is 0.260 e. The zero-order valence-corrected chi connectivity index (χ0v) is 17.6. The molecule has 1 aliphatic heterocycles. The summed E-state index contributed by atoms with van der Waals surface area (Å²) in [6.07, 6.45) is -0.310. The van der Waals surface area contributed by atoms with Gasteiger partial charge in [-0.05, 0) is 49.5 Å². The Morgan fingerprint density at radius 3 is 2.60 bits per heavy atom. The zero-order chi connectivity index (χ0) is 22.1. The molecular formula is C22H23O7P. The SMILES string of the molecule is C=CP(=O)(COc1cc(C2=C(O)C(=C)c3c(C)cc(O)cc3O2)ccc1O)OCC. The molecule has 0 radical (unpaired) electrons. The molecule has 30 heavy (non-hydrogen) atoms. The van der Waals surface area contributed by atoms with Gasteiger partial charge in [-0.15, -0.1) is 0 Å². The Bertz CT molecular complexity index is 1100. The molecule has 0 aliphatic carbocycles. The monoisotopic (exact) mass is 430 g/mol. The third-order valence-corrected chi connectivity index (χ3v) is 6.29. The number of aromatic hydroxyl groups is 2. The van der Waals surface area contributed by atoms with Crippen molar-refractivity contribution in [1.82, 2.24) is 0 Å². The van der Waals surface area contributed by atoms with Crippen LogP contribution >= 0.6 is 7.37 Å². The Balaban J connectivity index is 1.96. The molecule has 2 aromatic carbocycles. The van der Waals surface area contributed by atoms with Crippen LogP contribution in [0, 0.1) is 6.92 Å². The lowest BCUT2D eigenvalue weighted by Crippen LogP contribution is -2.10. The summed E-state index contributed by atoms with van der Waals surface area (Å²) in [7, 11) is -3.21. The largest absolute Gasteiger partial charge is 0.508 e. The van der Waals surface area contributed by atoms with Gasteiger partial charge in [-0.3, -0.25) is 4.57 Å². The minimum absolute atomic E-state index is 0.0191. The number of rotatable bonds is 7. The lowest BCUT2D eigenvalue weighted by atomic mass is 9.95. The van der Waals surface area contributed by atoms with Crippen molar-refractivity contribution in [3.8, 4) is 23.0 Å². The molecule has 1 aliphatic rings. The maximum absolute atomic E-state index is 12.5. The summed E-state index contributed by atoms with van der Waals surface area (Å²) < 4.78 is 29.0. The van der Waals surface area contributed by atoms with Crippen LogP contribution in [0.2, 0.25) is 0 Å². The van der Waals surface area contributed by atoms with Gasteiger partial charge in [0, 0.05) is 22.8 Å². The molecule has 1 unspecified atom stereocenters. The fourth-order valence-electron chi connectivity index (χ4n) is 3.10. The molecule has 7 nitrogen and oxygen atoms in total. The first-order valence-electron chi connectivity index (χ1n) is 9.16. The summed E-state index contributed by atoms with van der Waals surface area (Å²) in [6, 6.07) is 7.31. The normalized spacial score (nSPS) is 15.2. The minimum atomic E-state index is -3.21. The lowest BCUT2D eigenvalue weighted by molar-refractivity contribution is 0.293. The van der Waals surface area contributed by atoms with E-state index in [2.05, 4.69) is 13.2 Å². The third kappa shape index (κ3) is 4.08. The van der Waals surface area contributed by atoms with Crippen molar-refractivity contribution >= 4 is 18.7 Å². The molecule has 8 heteroatoms. The van der Waals surface area contributed by atoms with Crippen molar-refractivity contribution in [2.75, 3.05) is 13.0 Å². The predicted molar refractivity (Wildman–Crippen MR) is 115 cm³/mol. The Labute approximate surface area is 174 Å². The van der Waals surface area contributed by atoms with E-state index >= 15 is 0 Å². The quantitative estimate of drug-likeness (QED) is 0.496. The van der Waals surface area contributed by atoms with Crippen molar-refractivity contribution in [1.29, 1.82) is 0 Å². The highest BCUT2D eigenvalue weighted by Crippen LogP contribution is 2.49. The van der Waals surface area contributed by atoms with Crippen LogP contribution in [0.4, 0.5) is 0 Å². The first-order valence-corrected chi connectivity index (χ1v) is 11.0. The predicted octanol–water partition coefficient (Wildman–Crippen LogP) is 5.53. The number of hydrogen-bond acceptors (Lipinski definition) is 7. The van der Waals surface area contributed by atoms with Gasteiger partial charge in [-0.1, -0.05) is 13.2 Å². The number of benzene rings is 2. The molecule has 158 valence electrons. The second-order valence-corrected chi connectivity index (χ2v) is 9.01. The van der Waals surface area contributed by atoms with E-state index in [9.17, 15) is 19.9 Å².